The summed E-state index contributed by atoms with van der Waals surface area (Å²) in [5.74, 6) is 0.489. The van der Waals surface area contributed by atoms with E-state index in [9.17, 15) is 9.90 Å². The Morgan fingerprint density at radius 3 is 2.46 bits per heavy atom. The summed E-state index contributed by atoms with van der Waals surface area (Å²) < 4.78 is 0. The van der Waals surface area contributed by atoms with Crippen molar-refractivity contribution in [1.82, 2.24) is 9.97 Å². The molecular formula is C21H23N3O2. The molecule has 0 atom stereocenters. The number of anilines is 1. The fraction of sp³-hybridized carbons (Fsp3) is 0.190. The SMILES string of the molecule is C#C.C/C=C\C=C(/C)Cc1nc(-c2ccc(O)cc2)cnc1NC(C)=O. The molecule has 0 unspecified atom stereocenters. The lowest BCUT2D eigenvalue weighted by atomic mass is 10.1. The number of aromatic hydroxyl groups is 1. The molecule has 5 heteroatoms. The number of nitrogens with one attached hydrogen (secondary N) is 1. The fourth-order valence-electron chi connectivity index (χ4n) is 2.18. The number of hydrogen-bond acceptors (Lipinski definition) is 4. The van der Waals surface area contributed by atoms with Gasteiger partial charge < -0.3 is 10.4 Å². The summed E-state index contributed by atoms with van der Waals surface area (Å²) >= 11 is 0. The molecule has 1 aromatic heterocycles. The van der Waals surface area contributed by atoms with Gasteiger partial charge in [-0.15, -0.1) is 12.8 Å². The molecule has 0 saturated carbocycles. The number of carbonyl (C=O) groups is 1. The Bertz CT molecular complexity index is 819. The van der Waals surface area contributed by atoms with E-state index in [4.69, 9.17) is 0 Å². The highest BCUT2D eigenvalue weighted by Crippen LogP contribution is 2.23. The van der Waals surface area contributed by atoms with Crippen molar-refractivity contribution in [3.8, 4) is 29.9 Å². The predicted molar refractivity (Wildman–Crippen MR) is 106 cm³/mol. The van der Waals surface area contributed by atoms with E-state index in [1.165, 1.54) is 6.92 Å². The minimum Gasteiger partial charge on any atom is -0.508 e. The summed E-state index contributed by atoms with van der Waals surface area (Å²) in [4.78, 5) is 20.4. The number of phenolic OH excluding ortho intramolecular Hbond substituents is 1. The van der Waals surface area contributed by atoms with Crippen LogP contribution in [0.4, 0.5) is 5.82 Å². The van der Waals surface area contributed by atoms with Gasteiger partial charge in [-0.2, -0.15) is 0 Å². The van der Waals surface area contributed by atoms with Crippen LogP contribution in [0.3, 0.4) is 0 Å². The zero-order valence-electron chi connectivity index (χ0n) is 15.2. The van der Waals surface area contributed by atoms with E-state index >= 15 is 0 Å². The third-order valence-electron chi connectivity index (χ3n) is 3.32. The summed E-state index contributed by atoms with van der Waals surface area (Å²) in [7, 11) is 0. The highest BCUT2D eigenvalue weighted by molar-refractivity contribution is 5.88. The summed E-state index contributed by atoms with van der Waals surface area (Å²) in [6, 6.07) is 6.78. The first-order valence-electron chi connectivity index (χ1n) is 8.04. The Kier molecular flexibility index (Phi) is 8.32. The van der Waals surface area contributed by atoms with Crippen molar-refractivity contribution >= 4 is 11.7 Å². The highest BCUT2D eigenvalue weighted by atomic mass is 16.3. The molecule has 0 bridgehead atoms. The van der Waals surface area contributed by atoms with E-state index in [2.05, 4.69) is 28.1 Å². The Morgan fingerprint density at radius 2 is 1.88 bits per heavy atom. The van der Waals surface area contributed by atoms with E-state index in [1.807, 2.05) is 32.1 Å². The number of nitrogens with zero attached hydrogens (tertiary/aromatic N) is 2. The molecular weight excluding hydrogens is 326 g/mol. The van der Waals surface area contributed by atoms with Gasteiger partial charge in [-0.05, 0) is 38.1 Å². The van der Waals surface area contributed by atoms with E-state index in [1.54, 1.807) is 30.5 Å². The molecule has 2 N–H and O–H groups in total. The van der Waals surface area contributed by atoms with Crippen LogP contribution in [0.2, 0.25) is 0 Å². The number of benzene rings is 1. The van der Waals surface area contributed by atoms with Gasteiger partial charge in [0, 0.05) is 18.9 Å². The second-order valence-electron chi connectivity index (χ2n) is 5.49. The maximum Gasteiger partial charge on any atom is 0.222 e. The van der Waals surface area contributed by atoms with Crippen molar-refractivity contribution in [3.05, 3.63) is 60.0 Å². The lowest BCUT2D eigenvalue weighted by Gasteiger charge is -2.11. The summed E-state index contributed by atoms with van der Waals surface area (Å²) in [6.07, 6.45) is 16.1. The first kappa shape index (κ1) is 20.7. The molecule has 26 heavy (non-hydrogen) atoms. The second kappa shape index (κ2) is 10.5. The number of amides is 1. The number of phenols is 1. The standard InChI is InChI=1S/C19H21N3O2.C2H2/c1-4-5-6-13(2)11-17-19(21-14(3)23)20-12-18(22-17)15-7-9-16(24)10-8-15;1-2/h4-10,12,24H,11H2,1-3H3,(H,20,21,23);1-2H/b5-4-,13-6+;. The zero-order chi connectivity index (χ0) is 19.5. The fourth-order valence-corrected chi connectivity index (χ4v) is 2.18. The van der Waals surface area contributed by atoms with Crippen LogP contribution >= 0.6 is 0 Å². The topological polar surface area (TPSA) is 75.1 Å². The molecule has 0 aliphatic heterocycles. The summed E-state index contributed by atoms with van der Waals surface area (Å²) in [5.41, 5.74) is 3.36. The minimum absolute atomic E-state index is 0.182. The Morgan fingerprint density at radius 1 is 1.23 bits per heavy atom. The molecule has 1 amide bonds. The molecule has 0 aliphatic carbocycles. The second-order valence-corrected chi connectivity index (χ2v) is 5.49. The smallest absolute Gasteiger partial charge is 0.222 e. The van der Waals surface area contributed by atoms with Crippen LogP contribution in [0, 0.1) is 12.8 Å². The van der Waals surface area contributed by atoms with Gasteiger partial charge in [-0.3, -0.25) is 4.79 Å². The van der Waals surface area contributed by atoms with Crippen molar-refractivity contribution in [2.75, 3.05) is 5.32 Å². The van der Waals surface area contributed by atoms with Gasteiger partial charge in [0.25, 0.3) is 0 Å². The van der Waals surface area contributed by atoms with Gasteiger partial charge in [0.2, 0.25) is 5.91 Å². The van der Waals surface area contributed by atoms with Crippen molar-refractivity contribution in [2.24, 2.45) is 0 Å². The van der Waals surface area contributed by atoms with Crippen molar-refractivity contribution in [1.29, 1.82) is 0 Å². The normalized spacial score (nSPS) is 10.9. The van der Waals surface area contributed by atoms with Crippen LogP contribution in [0.25, 0.3) is 11.3 Å². The maximum atomic E-state index is 11.4. The average Bonchev–Trinajstić information content (AvgIpc) is 2.63. The maximum absolute atomic E-state index is 11.4. The van der Waals surface area contributed by atoms with Crippen LogP contribution in [-0.4, -0.2) is 21.0 Å². The Hall–Kier alpha value is -3.39. The van der Waals surface area contributed by atoms with E-state index < -0.39 is 0 Å². The van der Waals surface area contributed by atoms with Crippen LogP contribution in [0.15, 0.2) is 54.3 Å². The molecule has 5 nitrogen and oxygen atoms in total. The quantitative estimate of drug-likeness (QED) is 0.629. The number of terminal acetylenes is 1. The third kappa shape index (κ3) is 6.25. The molecule has 0 spiro atoms. The van der Waals surface area contributed by atoms with Crippen molar-refractivity contribution in [3.63, 3.8) is 0 Å². The lowest BCUT2D eigenvalue weighted by Crippen LogP contribution is -2.12. The molecule has 0 radical (unpaired) electrons. The highest BCUT2D eigenvalue weighted by Gasteiger charge is 2.11. The van der Waals surface area contributed by atoms with E-state index in [0.29, 0.717) is 23.6 Å². The van der Waals surface area contributed by atoms with E-state index in [-0.39, 0.29) is 11.7 Å². The Balaban J connectivity index is 0.00000163. The minimum atomic E-state index is -0.182. The van der Waals surface area contributed by atoms with Gasteiger partial charge in [0.1, 0.15) is 5.75 Å². The van der Waals surface area contributed by atoms with Gasteiger partial charge in [-0.1, -0.05) is 23.8 Å². The molecule has 2 aromatic rings. The molecule has 2 rings (SSSR count). The van der Waals surface area contributed by atoms with Crippen molar-refractivity contribution < 1.29 is 9.90 Å². The van der Waals surface area contributed by atoms with Crippen LogP contribution in [0.1, 0.15) is 26.5 Å². The molecule has 134 valence electrons. The molecule has 1 aromatic carbocycles. The third-order valence-corrected chi connectivity index (χ3v) is 3.32. The largest absolute Gasteiger partial charge is 0.508 e. The number of allylic oxidation sites excluding steroid dienone is 4. The molecule has 0 saturated heterocycles. The number of carbonyl (C=O) groups excluding carboxylic acids is 1. The number of aromatic nitrogens is 2. The number of rotatable bonds is 5. The first-order valence-corrected chi connectivity index (χ1v) is 8.04. The zero-order valence-corrected chi connectivity index (χ0v) is 15.2. The van der Waals surface area contributed by atoms with Crippen LogP contribution in [0.5, 0.6) is 5.75 Å². The summed E-state index contributed by atoms with van der Waals surface area (Å²) in [6.45, 7) is 5.41. The molecule has 1 heterocycles. The summed E-state index contributed by atoms with van der Waals surface area (Å²) in [5, 5.41) is 12.1. The van der Waals surface area contributed by atoms with Gasteiger partial charge in [-0.25, -0.2) is 9.97 Å². The van der Waals surface area contributed by atoms with Gasteiger partial charge >= 0.3 is 0 Å². The number of hydrogen-bond donors (Lipinski definition) is 2. The lowest BCUT2D eigenvalue weighted by molar-refractivity contribution is -0.114. The van der Waals surface area contributed by atoms with Crippen LogP contribution in [-0.2, 0) is 11.2 Å². The van der Waals surface area contributed by atoms with Crippen LogP contribution < -0.4 is 5.32 Å². The van der Waals surface area contributed by atoms with Crippen molar-refractivity contribution in [2.45, 2.75) is 27.2 Å². The molecule has 0 aliphatic rings. The molecule has 0 fully saturated rings. The Labute approximate surface area is 154 Å². The average molecular weight is 349 g/mol. The first-order chi connectivity index (χ1) is 12.5. The van der Waals surface area contributed by atoms with Gasteiger partial charge in [0.05, 0.1) is 17.6 Å². The predicted octanol–water partition coefficient (Wildman–Crippen LogP) is 4.12. The van der Waals surface area contributed by atoms with E-state index in [0.717, 1.165) is 11.1 Å². The monoisotopic (exact) mass is 349 g/mol. The van der Waals surface area contributed by atoms with Gasteiger partial charge in [0.15, 0.2) is 5.82 Å².